The number of amides is 1. The van der Waals surface area contributed by atoms with Gasteiger partial charge in [0.25, 0.3) is 0 Å². The van der Waals surface area contributed by atoms with Crippen molar-refractivity contribution < 1.29 is 18.7 Å². The van der Waals surface area contributed by atoms with Crippen LogP contribution in [0.1, 0.15) is 37.9 Å². The minimum absolute atomic E-state index is 0.0228. The Balaban J connectivity index is 1.21. The van der Waals surface area contributed by atoms with Gasteiger partial charge in [0.05, 0.1) is 35.9 Å². The number of ether oxygens (including phenoxy) is 2. The van der Waals surface area contributed by atoms with Crippen molar-refractivity contribution in [3.05, 3.63) is 65.1 Å². The van der Waals surface area contributed by atoms with Crippen LogP contribution in [-0.4, -0.2) is 96.8 Å². The molecule has 0 N–H and O–H groups in total. The molecule has 46 heavy (non-hydrogen) atoms. The van der Waals surface area contributed by atoms with Gasteiger partial charge in [0.15, 0.2) is 0 Å². The average molecular weight is 649 g/mol. The van der Waals surface area contributed by atoms with Crippen LogP contribution in [0.4, 0.5) is 15.9 Å². The fraction of sp³-hybridized carbons (Fsp3) is 0.514. The highest BCUT2D eigenvalue weighted by molar-refractivity contribution is 6.36. The van der Waals surface area contributed by atoms with Gasteiger partial charge in [0.1, 0.15) is 18.2 Å². The summed E-state index contributed by atoms with van der Waals surface area (Å²) in [5, 5.41) is 1.72. The number of aromatic nitrogens is 2. The van der Waals surface area contributed by atoms with Crippen molar-refractivity contribution in [2.45, 2.75) is 57.8 Å². The third-order valence-electron chi connectivity index (χ3n) is 10.0. The molecule has 2 saturated heterocycles. The zero-order chi connectivity index (χ0) is 32.2. The third kappa shape index (κ3) is 5.80. The summed E-state index contributed by atoms with van der Waals surface area (Å²) in [5.74, 6) is 0.372. The molecular formula is C35H42ClFN6O3. The van der Waals surface area contributed by atoms with Gasteiger partial charge in [-0.3, -0.25) is 4.79 Å². The lowest BCUT2D eigenvalue weighted by Crippen LogP contribution is -2.58. The monoisotopic (exact) mass is 648 g/mol. The van der Waals surface area contributed by atoms with Gasteiger partial charge in [-0.15, -0.1) is 0 Å². The van der Waals surface area contributed by atoms with E-state index in [2.05, 4.69) is 42.2 Å². The van der Waals surface area contributed by atoms with E-state index in [0.29, 0.717) is 69.9 Å². The van der Waals surface area contributed by atoms with Crippen molar-refractivity contribution in [1.82, 2.24) is 19.8 Å². The molecule has 3 fully saturated rings. The first kappa shape index (κ1) is 31.1. The van der Waals surface area contributed by atoms with E-state index in [9.17, 15) is 9.18 Å². The maximum absolute atomic E-state index is 14.6. The molecule has 1 amide bonds. The highest BCUT2D eigenvalue weighted by Crippen LogP contribution is 2.39. The van der Waals surface area contributed by atoms with Crippen LogP contribution in [0.3, 0.4) is 0 Å². The van der Waals surface area contributed by atoms with Gasteiger partial charge in [-0.1, -0.05) is 36.4 Å². The molecule has 3 aromatic rings. The summed E-state index contributed by atoms with van der Waals surface area (Å²) in [7, 11) is 2.18. The van der Waals surface area contributed by atoms with Crippen molar-refractivity contribution in [3.63, 3.8) is 0 Å². The Morgan fingerprint density at radius 3 is 2.61 bits per heavy atom. The number of carbonyl (C=O) groups is 1. The van der Waals surface area contributed by atoms with Gasteiger partial charge in [0, 0.05) is 60.9 Å². The lowest BCUT2D eigenvalue weighted by Gasteiger charge is -2.45. The van der Waals surface area contributed by atoms with Gasteiger partial charge >= 0.3 is 6.01 Å². The summed E-state index contributed by atoms with van der Waals surface area (Å²) in [6.07, 6.45) is 4.59. The van der Waals surface area contributed by atoms with Crippen LogP contribution >= 0.6 is 11.6 Å². The summed E-state index contributed by atoms with van der Waals surface area (Å²) >= 11 is 6.54. The summed E-state index contributed by atoms with van der Waals surface area (Å²) in [6.45, 7) is 13.0. The number of hydrogen-bond acceptors (Lipinski definition) is 8. The first-order valence-electron chi connectivity index (χ1n) is 16.3. The molecule has 2 atom stereocenters. The van der Waals surface area contributed by atoms with E-state index in [1.54, 1.807) is 6.07 Å². The Morgan fingerprint density at radius 2 is 1.93 bits per heavy atom. The van der Waals surface area contributed by atoms with Gasteiger partial charge in [-0.25, -0.2) is 4.39 Å². The lowest BCUT2D eigenvalue weighted by atomic mass is 9.86. The van der Waals surface area contributed by atoms with Gasteiger partial charge in [0.2, 0.25) is 5.91 Å². The van der Waals surface area contributed by atoms with Crippen molar-refractivity contribution in [1.29, 1.82) is 0 Å². The Labute approximate surface area is 274 Å². The zero-order valence-corrected chi connectivity index (χ0v) is 27.6. The summed E-state index contributed by atoms with van der Waals surface area (Å²) in [5.41, 5.74) is 2.75. The highest BCUT2D eigenvalue weighted by Gasteiger charge is 2.43. The van der Waals surface area contributed by atoms with Gasteiger partial charge in [-0.2, -0.15) is 9.97 Å². The number of benzene rings is 2. The Hall–Kier alpha value is -3.47. The van der Waals surface area contributed by atoms with E-state index in [-0.39, 0.29) is 28.4 Å². The maximum Gasteiger partial charge on any atom is 0.318 e. The molecule has 0 radical (unpaired) electrons. The molecular weight excluding hydrogens is 607 g/mol. The smallest absolute Gasteiger partial charge is 0.318 e. The number of piperazine rings is 1. The van der Waals surface area contributed by atoms with Gasteiger partial charge < -0.3 is 29.1 Å². The number of halogens is 2. The topological polar surface area (TPSA) is 74.3 Å². The van der Waals surface area contributed by atoms with Crippen LogP contribution in [0.25, 0.3) is 10.8 Å². The maximum atomic E-state index is 14.6. The normalized spacial score (nSPS) is 22.5. The third-order valence-corrected chi connectivity index (χ3v) is 10.4. The summed E-state index contributed by atoms with van der Waals surface area (Å²) in [6, 6.07) is 10.1. The fourth-order valence-electron chi connectivity index (χ4n) is 7.51. The average Bonchev–Trinajstić information content (AvgIpc) is 3.88. The van der Waals surface area contributed by atoms with Crippen LogP contribution in [0.5, 0.6) is 6.01 Å². The quantitative estimate of drug-likeness (QED) is 0.298. The second-order valence-corrected chi connectivity index (χ2v) is 14.0. The van der Waals surface area contributed by atoms with E-state index >= 15 is 0 Å². The van der Waals surface area contributed by atoms with Crippen LogP contribution < -0.4 is 14.5 Å². The van der Waals surface area contributed by atoms with Crippen LogP contribution in [0.2, 0.25) is 5.02 Å². The number of fused-ring (bicyclic) bond motifs is 2. The number of anilines is 2. The molecule has 9 nitrogen and oxygen atoms in total. The van der Waals surface area contributed by atoms with Gasteiger partial charge in [-0.05, 0) is 63.8 Å². The fourth-order valence-corrected chi connectivity index (χ4v) is 7.78. The van der Waals surface area contributed by atoms with E-state index in [1.807, 2.05) is 23.1 Å². The largest absolute Gasteiger partial charge is 0.463 e. The molecule has 3 aliphatic heterocycles. The van der Waals surface area contributed by atoms with E-state index < -0.39 is 5.82 Å². The number of hydrogen-bond donors (Lipinski definition) is 0. The molecule has 2 aromatic carbocycles. The second kappa shape index (κ2) is 12.3. The lowest BCUT2D eigenvalue weighted by molar-refractivity contribution is -0.143. The number of carbonyl (C=O) groups excluding carboxylic acids is 1. The predicted octanol–water partition coefficient (Wildman–Crippen LogP) is 5.09. The van der Waals surface area contributed by atoms with Crippen LogP contribution in [0, 0.1) is 11.2 Å². The highest BCUT2D eigenvalue weighted by atomic mass is 35.5. The van der Waals surface area contributed by atoms with Crippen molar-refractivity contribution in [2.24, 2.45) is 5.41 Å². The molecule has 7 rings (SSSR count). The Bertz CT molecular complexity index is 1650. The van der Waals surface area contributed by atoms with E-state index in [0.717, 1.165) is 34.7 Å². The van der Waals surface area contributed by atoms with Crippen molar-refractivity contribution >= 4 is 39.8 Å². The predicted molar refractivity (Wildman–Crippen MR) is 178 cm³/mol. The molecule has 0 bridgehead atoms. The summed E-state index contributed by atoms with van der Waals surface area (Å²) in [4.78, 5) is 31.5. The number of rotatable bonds is 9. The second-order valence-electron chi connectivity index (χ2n) is 13.6. The Kier molecular flexibility index (Phi) is 8.32. The molecule has 4 aliphatic rings. The number of nitrogens with zero attached hydrogens (tertiary/aromatic N) is 6. The molecule has 1 saturated carbocycles. The summed E-state index contributed by atoms with van der Waals surface area (Å²) < 4.78 is 26.8. The van der Waals surface area contributed by atoms with Crippen LogP contribution in [-0.2, 0) is 22.5 Å². The molecule has 0 unspecified atom stereocenters. The molecule has 11 heteroatoms. The molecule has 244 valence electrons. The minimum atomic E-state index is -0.433. The van der Waals surface area contributed by atoms with Crippen LogP contribution in [0.15, 0.2) is 43.0 Å². The molecule has 0 spiro atoms. The first-order chi connectivity index (χ1) is 22.2. The molecule has 1 aliphatic carbocycles. The SMILES string of the molecule is C=CC(=O)N1[C@H](C)CN(c2nc(OCC3(CN(C)C4CC4)COC3)nc3c2CCN(c2cccc4ccc(F)c(Cl)c24)C3)C[C@@H]1C. The molecule has 4 heterocycles. The minimum Gasteiger partial charge on any atom is -0.463 e. The molecule has 1 aromatic heterocycles. The van der Waals surface area contributed by atoms with E-state index in [1.165, 1.54) is 25.0 Å². The first-order valence-corrected chi connectivity index (χ1v) is 16.7. The van der Waals surface area contributed by atoms with E-state index in [4.69, 9.17) is 31.0 Å². The van der Waals surface area contributed by atoms with Crippen molar-refractivity contribution in [3.8, 4) is 6.01 Å². The zero-order valence-electron chi connectivity index (χ0n) is 26.8. The van der Waals surface area contributed by atoms with Crippen molar-refractivity contribution in [2.75, 3.05) is 62.8 Å². The standard InChI is InChI=1S/C35H42ClFN6O3/c1-5-30(44)43-22(2)15-42(16-23(43)3)33-26-13-14-41(29-8-6-7-24-9-12-27(37)32(36)31(24)29)17-28(26)38-34(39-33)46-21-35(19-45-20-35)18-40(4)25-10-11-25/h5-9,12,22-23,25H,1,10-11,13-21H2,2-4H3/t22-,23+. The Morgan fingerprint density at radius 1 is 1.17 bits per heavy atom.